The molecule has 2 N–H and O–H groups in total. The third-order valence-corrected chi connectivity index (χ3v) is 3.18. The number of esters is 1. The Morgan fingerprint density at radius 1 is 1.29 bits per heavy atom. The Hall–Kier alpha value is -2.27. The van der Waals surface area contributed by atoms with Crippen molar-refractivity contribution in [2.24, 2.45) is 0 Å². The van der Waals surface area contributed by atoms with Crippen LogP contribution in [0.1, 0.15) is 15.9 Å². The summed E-state index contributed by atoms with van der Waals surface area (Å²) in [4.78, 5) is 11.7. The van der Waals surface area contributed by atoms with Crippen LogP contribution in [0.25, 0.3) is 0 Å². The van der Waals surface area contributed by atoms with Crippen molar-refractivity contribution in [3.05, 3.63) is 52.3 Å². The van der Waals surface area contributed by atoms with Gasteiger partial charge in [0, 0.05) is 5.69 Å². The van der Waals surface area contributed by atoms with E-state index < -0.39 is 11.8 Å². The predicted octanol–water partition coefficient (Wildman–Crippen LogP) is 3.95. The first-order valence-electron chi connectivity index (χ1n) is 6.03. The average molecular weight is 310 g/mol. The minimum atomic E-state index is -0.564. The maximum Gasteiger partial charge on any atom is 0.340 e. The Morgan fingerprint density at radius 3 is 2.62 bits per heavy atom. The highest BCUT2D eigenvalue weighted by molar-refractivity contribution is 6.32. The van der Waals surface area contributed by atoms with Crippen LogP contribution in [0.2, 0.25) is 5.02 Å². The van der Waals surface area contributed by atoms with Crippen LogP contribution in [0.4, 0.5) is 10.1 Å². The van der Waals surface area contributed by atoms with E-state index in [1.54, 1.807) is 13.0 Å². The van der Waals surface area contributed by atoms with Gasteiger partial charge in [0.1, 0.15) is 17.3 Å². The Bertz CT molecular complexity index is 704. The van der Waals surface area contributed by atoms with Crippen molar-refractivity contribution in [1.82, 2.24) is 0 Å². The normalized spacial score (nSPS) is 10.3. The molecule has 0 spiro atoms. The summed E-state index contributed by atoms with van der Waals surface area (Å²) in [6, 6.07) is 6.88. The minimum absolute atomic E-state index is 0.129. The summed E-state index contributed by atoms with van der Waals surface area (Å²) in [5, 5.41) is 0.129. The van der Waals surface area contributed by atoms with Gasteiger partial charge >= 0.3 is 5.97 Å². The fourth-order valence-electron chi connectivity index (χ4n) is 1.79. The number of ether oxygens (including phenoxy) is 2. The van der Waals surface area contributed by atoms with E-state index in [9.17, 15) is 9.18 Å². The Labute approximate surface area is 126 Å². The van der Waals surface area contributed by atoms with Gasteiger partial charge in [0.25, 0.3) is 0 Å². The summed E-state index contributed by atoms with van der Waals surface area (Å²) in [5.41, 5.74) is 7.02. The zero-order valence-electron chi connectivity index (χ0n) is 11.4. The van der Waals surface area contributed by atoms with Crippen molar-refractivity contribution in [2.75, 3.05) is 12.8 Å². The van der Waals surface area contributed by atoms with E-state index in [0.717, 1.165) is 6.07 Å². The van der Waals surface area contributed by atoms with E-state index in [4.69, 9.17) is 22.1 Å². The van der Waals surface area contributed by atoms with E-state index in [2.05, 4.69) is 4.74 Å². The molecule has 0 aliphatic rings. The number of hydrogen-bond donors (Lipinski definition) is 1. The summed E-state index contributed by atoms with van der Waals surface area (Å²) in [6.45, 7) is 1.74. The second-order valence-corrected chi connectivity index (χ2v) is 4.78. The number of carbonyl (C=O) groups is 1. The van der Waals surface area contributed by atoms with E-state index in [1.807, 2.05) is 0 Å². The minimum Gasteiger partial charge on any atom is -0.465 e. The van der Waals surface area contributed by atoms with E-state index in [-0.39, 0.29) is 16.3 Å². The van der Waals surface area contributed by atoms with Crippen LogP contribution in [0.15, 0.2) is 30.3 Å². The van der Waals surface area contributed by atoms with Gasteiger partial charge in [-0.05, 0) is 42.8 Å². The number of carbonyl (C=O) groups excluding carboxylic acids is 1. The van der Waals surface area contributed by atoms with Gasteiger partial charge in [0.2, 0.25) is 0 Å². The molecule has 110 valence electrons. The topological polar surface area (TPSA) is 61.5 Å². The molecule has 0 saturated heterocycles. The van der Waals surface area contributed by atoms with Crippen LogP contribution in [-0.2, 0) is 4.74 Å². The number of benzene rings is 2. The number of anilines is 1. The molecule has 0 heterocycles. The third-order valence-electron chi connectivity index (χ3n) is 2.89. The molecule has 0 bridgehead atoms. The van der Waals surface area contributed by atoms with Crippen molar-refractivity contribution in [1.29, 1.82) is 0 Å². The maximum atomic E-state index is 13.0. The van der Waals surface area contributed by atoms with Crippen LogP contribution in [0.5, 0.6) is 11.5 Å². The van der Waals surface area contributed by atoms with Crippen LogP contribution in [-0.4, -0.2) is 13.1 Å². The highest BCUT2D eigenvalue weighted by Gasteiger charge is 2.15. The van der Waals surface area contributed by atoms with E-state index in [0.29, 0.717) is 17.0 Å². The predicted molar refractivity (Wildman–Crippen MR) is 78.4 cm³/mol. The highest BCUT2D eigenvalue weighted by atomic mass is 35.5. The number of nitrogens with two attached hydrogens (primary N) is 1. The number of aryl methyl sites for hydroxylation is 1. The van der Waals surface area contributed by atoms with Gasteiger partial charge in [-0.25, -0.2) is 9.18 Å². The molecule has 0 saturated carbocycles. The van der Waals surface area contributed by atoms with Crippen molar-refractivity contribution in [3.8, 4) is 11.5 Å². The first kappa shape index (κ1) is 15.1. The zero-order chi connectivity index (χ0) is 15.6. The van der Waals surface area contributed by atoms with E-state index in [1.165, 1.54) is 25.3 Å². The molecule has 0 aliphatic heterocycles. The van der Waals surface area contributed by atoms with Crippen LogP contribution in [0, 0.1) is 12.7 Å². The number of rotatable bonds is 3. The molecule has 0 unspecified atom stereocenters. The smallest absolute Gasteiger partial charge is 0.340 e. The summed E-state index contributed by atoms with van der Waals surface area (Å²) in [5.74, 6) is -0.393. The molecular formula is C15H13ClFNO3. The molecule has 2 rings (SSSR count). The molecule has 0 aliphatic carbocycles. The molecule has 21 heavy (non-hydrogen) atoms. The van der Waals surface area contributed by atoms with Gasteiger partial charge in [-0.15, -0.1) is 0 Å². The second kappa shape index (κ2) is 6.01. The fraction of sp³-hybridized carbons (Fsp3) is 0.133. The Balaban J connectivity index is 2.40. The number of nitrogen functional groups attached to an aromatic ring is 1. The lowest BCUT2D eigenvalue weighted by molar-refractivity contribution is 0.0601. The van der Waals surface area contributed by atoms with Crippen LogP contribution >= 0.6 is 11.6 Å². The van der Waals surface area contributed by atoms with Gasteiger partial charge in [-0.3, -0.25) is 0 Å². The van der Waals surface area contributed by atoms with Crippen molar-refractivity contribution < 1.29 is 18.7 Å². The van der Waals surface area contributed by atoms with Crippen molar-refractivity contribution in [3.63, 3.8) is 0 Å². The van der Waals surface area contributed by atoms with Crippen LogP contribution < -0.4 is 10.5 Å². The summed E-state index contributed by atoms with van der Waals surface area (Å²) < 4.78 is 23.2. The standard InChI is InChI=1S/C15H13ClFNO3/c1-8-5-10(7-11(14(8)18)15(19)20-2)21-13-4-3-9(17)6-12(13)16/h3-7H,18H2,1-2H3. The molecule has 6 heteroatoms. The van der Waals surface area contributed by atoms with E-state index >= 15 is 0 Å². The van der Waals surface area contributed by atoms with Crippen LogP contribution in [0.3, 0.4) is 0 Å². The van der Waals surface area contributed by atoms with Gasteiger partial charge in [0.05, 0.1) is 17.7 Å². The third kappa shape index (κ3) is 3.25. The lowest BCUT2D eigenvalue weighted by Gasteiger charge is -2.12. The van der Waals surface area contributed by atoms with Gasteiger partial charge < -0.3 is 15.2 Å². The highest BCUT2D eigenvalue weighted by Crippen LogP contribution is 2.32. The molecule has 0 fully saturated rings. The molecule has 4 nitrogen and oxygen atoms in total. The van der Waals surface area contributed by atoms with Gasteiger partial charge in [-0.2, -0.15) is 0 Å². The SMILES string of the molecule is COC(=O)c1cc(Oc2ccc(F)cc2Cl)cc(C)c1N. The molecule has 0 amide bonds. The average Bonchev–Trinajstić information content (AvgIpc) is 2.44. The summed E-state index contributed by atoms with van der Waals surface area (Å²) in [7, 11) is 1.27. The lowest BCUT2D eigenvalue weighted by atomic mass is 10.1. The molecule has 0 atom stereocenters. The molecular weight excluding hydrogens is 297 g/mol. The zero-order valence-corrected chi connectivity index (χ0v) is 12.2. The summed E-state index contributed by atoms with van der Waals surface area (Å²) in [6.07, 6.45) is 0. The Kier molecular flexibility index (Phi) is 4.33. The molecule has 0 radical (unpaired) electrons. The fourth-order valence-corrected chi connectivity index (χ4v) is 1.99. The second-order valence-electron chi connectivity index (χ2n) is 4.37. The molecule has 0 aromatic heterocycles. The number of methoxy groups -OCH3 is 1. The first-order valence-corrected chi connectivity index (χ1v) is 6.41. The Morgan fingerprint density at radius 2 is 2.00 bits per heavy atom. The summed E-state index contributed by atoms with van der Waals surface area (Å²) >= 11 is 5.90. The monoisotopic (exact) mass is 309 g/mol. The number of halogens is 2. The largest absolute Gasteiger partial charge is 0.465 e. The molecule has 2 aromatic carbocycles. The maximum absolute atomic E-state index is 13.0. The molecule has 2 aromatic rings. The quantitative estimate of drug-likeness (QED) is 0.689. The first-order chi connectivity index (χ1) is 9.92. The van der Waals surface area contributed by atoms with Gasteiger partial charge in [0.15, 0.2) is 0 Å². The number of hydrogen-bond acceptors (Lipinski definition) is 4. The lowest BCUT2D eigenvalue weighted by Crippen LogP contribution is -2.07. The van der Waals surface area contributed by atoms with Crippen molar-refractivity contribution in [2.45, 2.75) is 6.92 Å². The van der Waals surface area contributed by atoms with Crippen molar-refractivity contribution >= 4 is 23.3 Å². The van der Waals surface area contributed by atoms with Gasteiger partial charge in [-0.1, -0.05) is 11.6 Å².